The molecule has 3 atom stereocenters. The number of rotatable bonds is 3. The maximum Gasteiger partial charge on any atom is 0.124 e. The average molecular weight is 315 g/mol. The highest BCUT2D eigenvalue weighted by Crippen LogP contribution is 2.33. The first-order chi connectivity index (χ1) is 8.52. The second-order valence-electron chi connectivity index (χ2n) is 5.33. The third-order valence-electron chi connectivity index (χ3n) is 4.00. The highest BCUT2D eigenvalue weighted by molar-refractivity contribution is 9.10. The molecule has 0 aliphatic carbocycles. The Kier molecular flexibility index (Phi) is 4.41. The summed E-state index contributed by atoms with van der Waals surface area (Å²) in [5.74, 6) is 1.17. The molecule has 1 aromatic carbocycles. The van der Waals surface area contributed by atoms with E-state index in [2.05, 4.69) is 34.7 Å². The summed E-state index contributed by atoms with van der Waals surface area (Å²) < 4.78 is 14.0. The van der Waals surface area contributed by atoms with Crippen LogP contribution in [-0.2, 0) is 0 Å². The van der Waals surface area contributed by atoms with Crippen LogP contribution in [0.3, 0.4) is 0 Å². The first-order valence-corrected chi connectivity index (χ1v) is 7.21. The summed E-state index contributed by atoms with van der Waals surface area (Å²) in [6, 6.07) is 5.03. The molecule has 0 radical (unpaired) electrons. The van der Waals surface area contributed by atoms with E-state index < -0.39 is 0 Å². The summed E-state index contributed by atoms with van der Waals surface area (Å²) in [6.07, 6.45) is 0. The summed E-state index contributed by atoms with van der Waals surface area (Å²) >= 11 is 3.44. The van der Waals surface area contributed by atoms with Crippen LogP contribution in [0.2, 0.25) is 0 Å². The van der Waals surface area contributed by atoms with Crippen molar-refractivity contribution < 1.29 is 4.39 Å². The highest BCUT2D eigenvalue weighted by Gasteiger charge is 2.31. The molecule has 1 saturated heterocycles. The van der Waals surface area contributed by atoms with Crippen LogP contribution in [0.1, 0.15) is 25.5 Å². The van der Waals surface area contributed by atoms with Crippen molar-refractivity contribution in [1.29, 1.82) is 0 Å². The van der Waals surface area contributed by atoms with E-state index in [1.54, 1.807) is 0 Å². The van der Waals surface area contributed by atoms with Crippen molar-refractivity contribution in [1.82, 2.24) is 4.90 Å². The Morgan fingerprint density at radius 3 is 2.50 bits per heavy atom. The van der Waals surface area contributed by atoms with Gasteiger partial charge in [0.25, 0.3) is 0 Å². The lowest BCUT2D eigenvalue weighted by Crippen LogP contribution is -2.32. The van der Waals surface area contributed by atoms with Crippen molar-refractivity contribution >= 4 is 15.9 Å². The summed E-state index contributed by atoms with van der Waals surface area (Å²) in [5, 5.41) is 0. The molecule has 1 aromatic rings. The molecular weight excluding hydrogens is 295 g/mol. The zero-order valence-corrected chi connectivity index (χ0v) is 12.5. The standard InChI is InChI=1S/C14H20BrFN2/c1-9-7-18(8-10(9)2)14(6-17)12-4-3-11(16)5-13(12)15/h3-5,9-10,14H,6-8,17H2,1-2H3. The van der Waals surface area contributed by atoms with Crippen molar-refractivity contribution in [3.8, 4) is 0 Å². The molecule has 1 aliphatic heterocycles. The number of nitrogens with two attached hydrogens (primary N) is 1. The minimum atomic E-state index is -0.218. The molecule has 0 aromatic heterocycles. The second kappa shape index (κ2) is 5.68. The molecule has 0 bridgehead atoms. The van der Waals surface area contributed by atoms with Crippen molar-refractivity contribution in [2.45, 2.75) is 19.9 Å². The van der Waals surface area contributed by atoms with Crippen LogP contribution in [0.15, 0.2) is 22.7 Å². The van der Waals surface area contributed by atoms with E-state index in [1.165, 1.54) is 12.1 Å². The Morgan fingerprint density at radius 1 is 1.39 bits per heavy atom. The molecule has 1 aliphatic rings. The van der Waals surface area contributed by atoms with Gasteiger partial charge in [-0.05, 0) is 29.5 Å². The fourth-order valence-corrected chi connectivity index (χ4v) is 3.29. The Labute approximate surface area is 116 Å². The van der Waals surface area contributed by atoms with Crippen LogP contribution in [0, 0.1) is 17.7 Å². The molecule has 0 saturated carbocycles. The van der Waals surface area contributed by atoms with E-state index in [1.807, 2.05) is 6.07 Å². The molecule has 0 amide bonds. The van der Waals surface area contributed by atoms with Gasteiger partial charge >= 0.3 is 0 Å². The summed E-state index contributed by atoms with van der Waals surface area (Å²) in [4.78, 5) is 2.41. The van der Waals surface area contributed by atoms with Crippen LogP contribution >= 0.6 is 15.9 Å². The van der Waals surface area contributed by atoms with Gasteiger partial charge in [-0.2, -0.15) is 0 Å². The Hall–Kier alpha value is -0.450. The molecule has 2 nitrogen and oxygen atoms in total. The zero-order valence-electron chi connectivity index (χ0n) is 10.9. The maximum absolute atomic E-state index is 13.1. The molecule has 100 valence electrons. The van der Waals surface area contributed by atoms with E-state index >= 15 is 0 Å². The molecule has 18 heavy (non-hydrogen) atoms. The van der Waals surface area contributed by atoms with Gasteiger partial charge < -0.3 is 5.73 Å². The monoisotopic (exact) mass is 314 g/mol. The van der Waals surface area contributed by atoms with Gasteiger partial charge in [-0.1, -0.05) is 35.8 Å². The third kappa shape index (κ3) is 2.76. The Morgan fingerprint density at radius 2 is 2.00 bits per heavy atom. The molecule has 3 unspecified atom stereocenters. The van der Waals surface area contributed by atoms with Gasteiger partial charge in [-0.25, -0.2) is 4.39 Å². The normalized spacial score (nSPS) is 26.5. The van der Waals surface area contributed by atoms with Crippen LogP contribution in [0.25, 0.3) is 0 Å². The highest BCUT2D eigenvalue weighted by atomic mass is 79.9. The van der Waals surface area contributed by atoms with E-state index in [-0.39, 0.29) is 11.9 Å². The van der Waals surface area contributed by atoms with Gasteiger partial charge in [0.1, 0.15) is 5.82 Å². The number of hydrogen-bond acceptors (Lipinski definition) is 2. The predicted octanol–water partition coefficient (Wildman–Crippen LogP) is 3.18. The van der Waals surface area contributed by atoms with E-state index in [9.17, 15) is 4.39 Å². The maximum atomic E-state index is 13.1. The van der Waals surface area contributed by atoms with Gasteiger partial charge in [0.2, 0.25) is 0 Å². The van der Waals surface area contributed by atoms with Gasteiger partial charge in [0, 0.05) is 30.1 Å². The first kappa shape index (κ1) is 14.0. The van der Waals surface area contributed by atoms with Crippen molar-refractivity contribution in [2.75, 3.05) is 19.6 Å². The van der Waals surface area contributed by atoms with Gasteiger partial charge in [0.15, 0.2) is 0 Å². The quantitative estimate of drug-likeness (QED) is 0.928. The molecule has 1 fully saturated rings. The van der Waals surface area contributed by atoms with E-state index in [0.29, 0.717) is 18.4 Å². The van der Waals surface area contributed by atoms with Crippen molar-refractivity contribution in [3.05, 3.63) is 34.1 Å². The number of halogens is 2. The lowest BCUT2D eigenvalue weighted by atomic mass is 10.0. The third-order valence-corrected chi connectivity index (χ3v) is 4.69. The fraction of sp³-hybridized carbons (Fsp3) is 0.571. The smallest absolute Gasteiger partial charge is 0.124 e. The van der Waals surface area contributed by atoms with Crippen LogP contribution in [-0.4, -0.2) is 24.5 Å². The summed E-state index contributed by atoms with van der Waals surface area (Å²) in [6.45, 7) is 7.24. The largest absolute Gasteiger partial charge is 0.329 e. The predicted molar refractivity (Wildman–Crippen MR) is 75.8 cm³/mol. The van der Waals surface area contributed by atoms with E-state index in [4.69, 9.17) is 5.73 Å². The van der Waals surface area contributed by atoms with Crippen molar-refractivity contribution in [3.63, 3.8) is 0 Å². The Balaban J connectivity index is 2.23. The SMILES string of the molecule is CC1CN(C(CN)c2ccc(F)cc2Br)CC1C. The topological polar surface area (TPSA) is 29.3 Å². The number of nitrogens with zero attached hydrogens (tertiary/aromatic N) is 1. The molecular formula is C14H20BrFN2. The molecule has 0 spiro atoms. The zero-order chi connectivity index (χ0) is 13.3. The number of hydrogen-bond donors (Lipinski definition) is 1. The molecule has 1 heterocycles. The minimum absolute atomic E-state index is 0.173. The number of likely N-dealkylation sites (tertiary alicyclic amines) is 1. The summed E-state index contributed by atoms with van der Waals surface area (Å²) in [7, 11) is 0. The summed E-state index contributed by atoms with van der Waals surface area (Å²) in [5.41, 5.74) is 7.01. The van der Waals surface area contributed by atoms with Gasteiger partial charge in [-0.3, -0.25) is 4.90 Å². The van der Waals surface area contributed by atoms with Crippen LogP contribution < -0.4 is 5.73 Å². The molecule has 4 heteroatoms. The van der Waals surface area contributed by atoms with Crippen LogP contribution in [0.5, 0.6) is 0 Å². The van der Waals surface area contributed by atoms with Crippen LogP contribution in [0.4, 0.5) is 4.39 Å². The van der Waals surface area contributed by atoms with Gasteiger partial charge in [-0.15, -0.1) is 0 Å². The van der Waals surface area contributed by atoms with Crippen molar-refractivity contribution in [2.24, 2.45) is 17.6 Å². The average Bonchev–Trinajstić information content (AvgIpc) is 2.63. The minimum Gasteiger partial charge on any atom is -0.329 e. The molecule has 2 N–H and O–H groups in total. The second-order valence-corrected chi connectivity index (χ2v) is 6.18. The first-order valence-electron chi connectivity index (χ1n) is 6.42. The lowest BCUT2D eigenvalue weighted by Gasteiger charge is -2.28. The lowest BCUT2D eigenvalue weighted by molar-refractivity contribution is 0.239. The number of benzene rings is 1. The molecule has 2 rings (SSSR count). The Bertz CT molecular complexity index is 414. The van der Waals surface area contributed by atoms with Gasteiger partial charge in [0.05, 0.1) is 0 Å². The fourth-order valence-electron chi connectivity index (χ4n) is 2.67. The van der Waals surface area contributed by atoms with E-state index in [0.717, 1.165) is 23.1 Å².